The number of likely N-dealkylation sites (N-methyl/N-ethyl adjacent to an activating group) is 1. The molecule has 0 atom stereocenters. The Morgan fingerprint density at radius 3 is 2.04 bits per heavy atom. The van der Waals surface area contributed by atoms with Crippen LogP contribution in [0.15, 0.2) is 53.4 Å². The van der Waals surface area contributed by atoms with Crippen molar-refractivity contribution >= 4 is 26.9 Å². The van der Waals surface area contributed by atoms with Gasteiger partial charge in [0.05, 0.1) is 10.5 Å². The van der Waals surface area contributed by atoms with Crippen molar-refractivity contribution in [3.63, 3.8) is 0 Å². The van der Waals surface area contributed by atoms with Gasteiger partial charge >= 0.3 is 0 Å². The molecular weight excluding hydrogens is 329 g/mol. The first-order chi connectivity index (χ1) is 11.3. The molecule has 0 unspecified atom stereocenters. The van der Waals surface area contributed by atoms with Crippen LogP contribution in [0.25, 0.3) is 11.1 Å². The van der Waals surface area contributed by atoms with E-state index < -0.39 is 9.84 Å². The van der Waals surface area contributed by atoms with Crippen LogP contribution in [0.5, 0.6) is 0 Å². The molecule has 1 heterocycles. The van der Waals surface area contributed by atoms with Crippen molar-refractivity contribution in [2.45, 2.75) is 4.90 Å². The minimum absolute atomic E-state index is 0.135. The highest BCUT2D eigenvalue weighted by Crippen LogP contribution is 2.34. The second-order valence-electron chi connectivity index (χ2n) is 5.82. The van der Waals surface area contributed by atoms with Crippen LogP contribution in [0.4, 0.5) is 4.39 Å². The summed E-state index contributed by atoms with van der Waals surface area (Å²) in [4.78, 5) is 14.3. The number of rotatable bonds is 3. The highest BCUT2D eigenvalue weighted by atomic mass is 32.2. The molecule has 0 spiro atoms. The molecular formula is C18H16FNO3S. The fourth-order valence-corrected chi connectivity index (χ4v) is 3.39. The van der Waals surface area contributed by atoms with Gasteiger partial charge in [-0.1, -0.05) is 24.3 Å². The van der Waals surface area contributed by atoms with Crippen LogP contribution < -0.4 is 0 Å². The Hall–Kier alpha value is -2.47. The number of halogens is 1. The molecule has 2 aromatic carbocycles. The van der Waals surface area contributed by atoms with Crippen LogP contribution in [0, 0.1) is 5.82 Å². The molecule has 0 aromatic heterocycles. The fourth-order valence-electron chi connectivity index (χ4n) is 2.76. The number of benzene rings is 2. The molecule has 0 fully saturated rings. The smallest absolute Gasteiger partial charge is 0.254 e. The van der Waals surface area contributed by atoms with Crippen LogP contribution in [0.1, 0.15) is 11.1 Å². The second kappa shape index (κ2) is 5.87. The van der Waals surface area contributed by atoms with E-state index >= 15 is 0 Å². The zero-order valence-corrected chi connectivity index (χ0v) is 14.1. The van der Waals surface area contributed by atoms with Crippen molar-refractivity contribution in [2.24, 2.45) is 0 Å². The summed E-state index contributed by atoms with van der Waals surface area (Å²) in [6.45, 7) is 0.420. The summed E-state index contributed by atoms with van der Waals surface area (Å²) in [6.07, 6.45) is 1.15. The average molecular weight is 345 g/mol. The van der Waals surface area contributed by atoms with Gasteiger partial charge in [0, 0.05) is 19.8 Å². The fraction of sp³-hybridized carbons (Fsp3) is 0.167. The molecule has 4 nitrogen and oxygen atoms in total. The molecule has 124 valence electrons. The van der Waals surface area contributed by atoms with Crippen molar-refractivity contribution in [1.82, 2.24) is 4.90 Å². The maximum absolute atomic E-state index is 13.2. The third-order valence-corrected chi connectivity index (χ3v) is 5.15. The van der Waals surface area contributed by atoms with E-state index in [1.54, 1.807) is 36.2 Å². The van der Waals surface area contributed by atoms with Crippen molar-refractivity contribution < 1.29 is 17.6 Å². The lowest BCUT2D eigenvalue weighted by molar-refractivity contribution is -0.122. The van der Waals surface area contributed by atoms with E-state index in [0.29, 0.717) is 17.7 Å². The molecule has 3 rings (SSSR count). The van der Waals surface area contributed by atoms with Gasteiger partial charge in [-0.3, -0.25) is 4.79 Å². The Balaban J connectivity index is 2.11. The lowest BCUT2D eigenvalue weighted by atomic mass is 9.97. The lowest BCUT2D eigenvalue weighted by Crippen LogP contribution is -2.21. The molecule has 6 heteroatoms. The maximum atomic E-state index is 13.2. The second-order valence-corrected chi connectivity index (χ2v) is 7.83. The third-order valence-electron chi connectivity index (χ3n) is 4.02. The summed E-state index contributed by atoms with van der Waals surface area (Å²) >= 11 is 0. The number of carbonyl (C=O) groups is 1. The Kier molecular flexibility index (Phi) is 4.01. The SMILES string of the molecule is CN1CC(c2ccc(S(C)(=O)=O)cc2)=C(c2ccc(F)cc2)C1=O. The first-order valence-electron chi connectivity index (χ1n) is 7.32. The monoisotopic (exact) mass is 345 g/mol. The first kappa shape index (κ1) is 16.4. The predicted octanol–water partition coefficient (Wildman–Crippen LogP) is 2.61. The molecule has 0 N–H and O–H groups in total. The number of nitrogens with zero attached hydrogens (tertiary/aromatic N) is 1. The van der Waals surface area contributed by atoms with Crippen LogP contribution in [0.3, 0.4) is 0 Å². The number of hydrogen-bond donors (Lipinski definition) is 0. The average Bonchev–Trinajstić information content (AvgIpc) is 2.83. The van der Waals surface area contributed by atoms with Gasteiger partial charge in [0.15, 0.2) is 9.84 Å². The minimum atomic E-state index is -3.27. The number of amides is 1. The molecule has 24 heavy (non-hydrogen) atoms. The van der Waals surface area contributed by atoms with E-state index in [1.165, 1.54) is 24.3 Å². The molecule has 0 saturated heterocycles. The van der Waals surface area contributed by atoms with Crippen LogP contribution >= 0.6 is 0 Å². The van der Waals surface area contributed by atoms with Crippen molar-refractivity contribution in [1.29, 1.82) is 0 Å². The summed E-state index contributed by atoms with van der Waals surface area (Å²) in [5.74, 6) is -0.499. The van der Waals surface area contributed by atoms with Crippen LogP contribution in [0.2, 0.25) is 0 Å². The van der Waals surface area contributed by atoms with Crippen LogP contribution in [-0.2, 0) is 14.6 Å². The standard InChI is InChI=1S/C18H16FNO3S/c1-20-11-16(12-5-9-15(10-6-12)24(2,22)23)17(18(20)21)13-3-7-14(19)8-4-13/h3-10H,11H2,1-2H3. The van der Waals surface area contributed by atoms with Gasteiger partial charge in [-0.05, 0) is 41.0 Å². The summed E-state index contributed by atoms with van der Waals surface area (Å²) in [6, 6.07) is 12.2. The van der Waals surface area contributed by atoms with Crippen molar-refractivity contribution in [3.8, 4) is 0 Å². The predicted molar refractivity (Wildman–Crippen MR) is 90.4 cm³/mol. The normalized spacial score (nSPS) is 15.3. The van der Waals surface area contributed by atoms with E-state index in [2.05, 4.69) is 0 Å². The summed E-state index contributed by atoms with van der Waals surface area (Å²) in [5, 5.41) is 0. The summed E-state index contributed by atoms with van der Waals surface area (Å²) < 4.78 is 36.3. The molecule has 1 aliphatic rings. The first-order valence-corrected chi connectivity index (χ1v) is 9.21. The van der Waals surface area contributed by atoms with E-state index in [4.69, 9.17) is 0 Å². The summed E-state index contributed by atoms with van der Waals surface area (Å²) in [5.41, 5.74) is 2.74. The third kappa shape index (κ3) is 2.97. The van der Waals surface area contributed by atoms with Gasteiger partial charge in [-0.15, -0.1) is 0 Å². The van der Waals surface area contributed by atoms with Gasteiger partial charge in [0.25, 0.3) is 5.91 Å². The van der Waals surface area contributed by atoms with Crippen molar-refractivity contribution in [2.75, 3.05) is 19.8 Å². The van der Waals surface area contributed by atoms with Gasteiger partial charge in [-0.2, -0.15) is 0 Å². The van der Waals surface area contributed by atoms with Crippen LogP contribution in [-0.4, -0.2) is 39.1 Å². The van der Waals surface area contributed by atoms with Gasteiger partial charge in [0.2, 0.25) is 0 Å². The van der Waals surface area contributed by atoms with E-state index in [-0.39, 0.29) is 16.6 Å². The molecule has 0 bridgehead atoms. The molecule has 0 aliphatic carbocycles. The van der Waals surface area contributed by atoms with E-state index in [1.807, 2.05) is 0 Å². The zero-order valence-electron chi connectivity index (χ0n) is 13.3. The Morgan fingerprint density at radius 1 is 0.958 bits per heavy atom. The van der Waals surface area contributed by atoms with Gasteiger partial charge in [-0.25, -0.2) is 12.8 Å². The Bertz CT molecular complexity index is 929. The van der Waals surface area contributed by atoms with Crippen molar-refractivity contribution in [3.05, 3.63) is 65.5 Å². The summed E-state index contributed by atoms with van der Waals surface area (Å²) in [7, 11) is -1.57. The van der Waals surface area contributed by atoms with Gasteiger partial charge < -0.3 is 4.90 Å². The topological polar surface area (TPSA) is 54.5 Å². The Labute approximate surface area is 140 Å². The molecule has 1 aliphatic heterocycles. The number of carbonyl (C=O) groups excluding carboxylic acids is 1. The highest BCUT2D eigenvalue weighted by Gasteiger charge is 2.29. The maximum Gasteiger partial charge on any atom is 0.254 e. The number of hydrogen-bond acceptors (Lipinski definition) is 3. The minimum Gasteiger partial charge on any atom is -0.337 e. The molecule has 0 saturated carbocycles. The Morgan fingerprint density at radius 2 is 1.50 bits per heavy atom. The zero-order chi connectivity index (χ0) is 17.5. The highest BCUT2D eigenvalue weighted by molar-refractivity contribution is 7.90. The quantitative estimate of drug-likeness (QED) is 0.859. The lowest BCUT2D eigenvalue weighted by Gasteiger charge is -2.08. The van der Waals surface area contributed by atoms with E-state index in [9.17, 15) is 17.6 Å². The van der Waals surface area contributed by atoms with Gasteiger partial charge in [0.1, 0.15) is 5.82 Å². The largest absolute Gasteiger partial charge is 0.337 e. The van der Waals surface area contributed by atoms with E-state index in [0.717, 1.165) is 17.4 Å². The molecule has 1 amide bonds. The number of sulfone groups is 1. The molecule has 2 aromatic rings. The molecule has 0 radical (unpaired) electrons.